The molecule has 3 aliphatic rings. The Morgan fingerprint density at radius 3 is 2.15 bits per heavy atom. The first-order valence-electron chi connectivity index (χ1n) is 12.9. The lowest BCUT2D eigenvalue weighted by molar-refractivity contribution is -0.262. The highest BCUT2D eigenvalue weighted by atomic mass is 35.5. The number of alkyl halides is 5. The highest BCUT2D eigenvalue weighted by Crippen LogP contribution is 2.41. The summed E-state index contributed by atoms with van der Waals surface area (Å²) in [5, 5.41) is 14.1. The fourth-order valence-corrected chi connectivity index (χ4v) is 5.75. The van der Waals surface area contributed by atoms with Gasteiger partial charge in [0.15, 0.2) is 0 Å². The van der Waals surface area contributed by atoms with Gasteiger partial charge in [0, 0.05) is 43.5 Å². The van der Waals surface area contributed by atoms with Gasteiger partial charge in [-0.3, -0.25) is 14.5 Å². The first kappa shape index (κ1) is 28.6. The van der Waals surface area contributed by atoms with E-state index >= 15 is 0 Å². The van der Waals surface area contributed by atoms with Crippen LogP contribution in [0.4, 0.5) is 27.6 Å². The molecule has 2 N–H and O–H groups in total. The molecule has 2 amide bonds. The Labute approximate surface area is 232 Å². The van der Waals surface area contributed by atoms with E-state index in [0.717, 1.165) is 21.9 Å². The Hall–Kier alpha value is -2.96. The SMILES string of the molecule is O=C(c1ccc(NC2CN(C3CCN(C(=O)C(O)(c4ccccc4)C(F)(F)F)CC3)C2)cc1Cl)N1CC(F)(F)C1. The number of aliphatic hydroxyl groups is 1. The van der Waals surface area contributed by atoms with Crippen molar-refractivity contribution >= 4 is 29.1 Å². The first-order chi connectivity index (χ1) is 18.8. The summed E-state index contributed by atoms with van der Waals surface area (Å²) in [5.41, 5.74) is -3.28. The number of carbonyl (C=O) groups is 2. The number of likely N-dealkylation sites (tertiary alicyclic amines) is 3. The van der Waals surface area contributed by atoms with E-state index in [0.29, 0.717) is 31.6 Å². The van der Waals surface area contributed by atoms with Gasteiger partial charge in [-0.1, -0.05) is 41.9 Å². The van der Waals surface area contributed by atoms with Gasteiger partial charge in [0.2, 0.25) is 0 Å². The lowest BCUT2D eigenvalue weighted by atomic mass is 9.89. The molecule has 2 aromatic rings. The second kappa shape index (κ2) is 10.5. The van der Waals surface area contributed by atoms with Crippen LogP contribution in [0.15, 0.2) is 48.5 Å². The van der Waals surface area contributed by atoms with Gasteiger partial charge in [0.25, 0.3) is 23.3 Å². The number of amides is 2. The second-order valence-corrected chi connectivity index (χ2v) is 11.0. The van der Waals surface area contributed by atoms with E-state index in [-0.39, 0.29) is 35.8 Å². The second-order valence-electron chi connectivity index (χ2n) is 10.6. The van der Waals surface area contributed by atoms with Gasteiger partial charge in [-0.25, -0.2) is 8.78 Å². The average molecular weight is 587 g/mol. The largest absolute Gasteiger partial charge is 0.430 e. The number of nitrogens with zero attached hydrogens (tertiary/aromatic N) is 3. The summed E-state index contributed by atoms with van der Waals surface area (Å²) in [6.45, 7) is 0.272. The lowest BCUT2D eigenvalue weighted by Gasteiger charge is -2.48. The molecule has 0 aliphatic carbocycles. The zero-order valence-corrected chi connectivity index (χ0v) is 22.1. The van der Waals surface area contributed by atoms with E-state index in [1.165, 1.54) is 24.3 Å². The Morgan fingerprint density at radius 1 is 0.975 bits per heavy atom. The third-order valence-corrected chi connectivity index (χ3v) is 8.10. The van der Waals surface area contributed by atoms with Gasteiger partial charge >= 0.3 is 6.18 Å². The minimum atomic E-state index is -5.17. The van der Waals surface area contributed by atoms with Crippen LogP contribution in [0.1, 0.15) is 28.8 Å². The standard InChI is InChI=1S/C27H28ClF5N4O3/c28-22-12-18(6-7-21(22)23(38)37-15-25(29,30)16-37)34-19-13-36(14-19)20-8-10-35(11-9-20)24(39)26(40,27(31,32)33)17-4-2-1-3-5-17/h1-7,12,19-20,34,40H,8-11,13-16H2. The van der Waals surface area contributed by atoms with E-state index in [2.05, 4.69) is 10.2 Å². The summed E-state index contributed by atoms with van der Waals surface area (Å²) in [4.78, 5) is 29.6. The van der Waals surface area contributed by atoms with Crippen molar-refractivity contribution in [2.45, 2.75) is 42.6 Å². The number of rotatable bonds is 6. The molecular weight excluding hydrogens is 559 g/mol. The molecule has 7 nitrogen and oxygen atoms in total. The molecular formula is C27H28ClF5N4O3. The van der Waals surface area contributed by atoms with Crippen molar-refractivity contribution in [2.24, 2.45) is 0 Å². The molecule has 5 rings (SSSR count). The maximum Gasteiger partial charge on any atom is 0.430 e. The van der Waals surface area contributed by atoms with Gasteiger partial charge in [-0.15, -0.1) is 0 Å². The molecule has 216 valence electrons. The molecule has 3 heterocycles. The smallest absolute Gasteiger partial charge is 0.380 e. The maximum atomic E-state index is 13.9. The molecule has 3 saturated heterocycles. The highest BCUT2D eigenvalue weighted by Gasteiger charge is 2.62. The minimum absolute atomic E-state index is 0.0692. The van der Waals surface area contributed by atoms with Crippen molar-refractivity contribution in [3.8, 4) is 0 Å². The fraction of sp³-hybridized carbons (Fsp3) is 0.481. The van der Waals surface area contributed by atoms with Crippen LogP contribution in [0.3, 0.4) is 0 Å². The number of anilines is 1. The van der Waals surface area contributed by atoms with Crippen molar-refractivity contribution in [1.82, 2.24) is 14.7 Å². The van der Waals surface area contributed by atoms with Crippen LogP contribution in [-0.2, 0) is 10.4 Å². The number of nitrogens with one attached hydrogen (secondary N) is 1. The van der Waals surface area contributed by atoms with Crippen molar-refractivity contribution in [3.05, 3.63) is 64.7 Å². The predicted octanol–water partition coefficient (Wildman–Crippen LogP) is 3.97. The summed E-state index contributed by atoms with van der Waals surface area (Å²) < 4.78 is 67.8. The number of hydrogen-bond donors (Lipinski definition) is 2. The lowest BCUT2D eigenvalue weighted by Crippen LogP contribution is -2.62. The third kappa shape index (κ3) is 5.36. The van der Waals surface area contributed by atoms with Crippen LogP contribution in [-0.4, -0.2) is 95.1 Å². The molecule has 1 atom stereocenters. The first-order valence-corrected chi connectivity index (χ1v) is 13.3. The molecule has 3 aliphatic heterocycles. The van der Waals surface area contributed by atoms with Crippen LogP contribution in [0.5, 0.6) is 0 Å². The number of halogens is 6. The average Bonchev–Trinajstić information content (AvgIpc) is 2.88. The van der Waals surface area contributed by atoms with Crippen LogP contribution in [0.2, 0.25) is 5.02 Å². The molecule has 0 spiro atoms. The van der Waals surface area contributed by atoms with Crippen LogP contribution in [0.25, 0.3) is 0 Å². The molecule has 0 radical (unpaired) electrons. The molecule has 13 heteroatoms. The topological polar surface area (TPSA) is 76.1 Å². The highest BCUT2D eigenvalue weighted by molar-refractivity contribution is 6.34. The molecule has 40 heavy (non-hydrogen) atoms. The summed E-state index contributed by atoms with van der Waals surface area (Å²) in [5.74, 6) is -4.77. The van der Waals surface area contributed by atoms with Crippen molar-refractivity contribution in [3.63, 3.8) is 0 Å². The summed E-state index contributed by atoms with van der Waals surface area (Å²) in [7, 11) is 0. The molecule has 0 aromatic heterocycles. The summed E-state index contributed by atoms with van der Waals surface area (Å²) in [6, 6.07) is 11.3. The van der Waals surface area contributed by atoms with Gasteiger partial charge in [0.05, 0.1) is 29.7 Å². The van der Waals surface area contributed by atoms with Crippen LogP contribution < -0.4 is 5.32 Å². The molecule has 1 unspecified atom stereocenters. The van der Waals surface area contributed by atoms with Crippen molar-refractivity contribution in [1.29, 1.82) is 0 Å². The van der Waals surface area contributed by atoms with E-state index < -0.39 is 48.2 Å². The summed E-state index contributed by atoms with van der Waals surface area (Å²) >= 11 is 6.25. The summed E-state index contributed by atoms with van der Waals surface area (Å²) in [6.07, 6.45) is -4.23. The predicted molar refractivity (Wildman–Crippen MR) is 137 cm³/mol. The minimum Gasteiger partial charge on any atom is -0.380 e. The Kier molecular flexibility index (Phi) is 7.47. The van der Waals surface area contributed by atoms with Gasteiger partial charge in [0.1, 0.15) is 0 Å². The van der Waals surface area contributed by atoms with E-state index in [4.69, 9.17) is 11.6 Å². The Morgan fingerprint density at radius 2 is 1.60 bits per heavy atom. The maximum absolute atomic E-state index is 13.9. The Balaban J connectivity index is 1.11. The number of piperidine rings is 1. The Bertz CT molecular complexity index is 1260. The number of hydrogen-bond acceptors (Lipinski definition) is 5. The van der Waals surface area contributed by atoms with Crippen molar-refractivity contribution < 1.29 is 36.6 Å². The van der Waals surface area contributed by atoms with E-state index in [1.54, 1.807) is 12.1 Å². The van der Waals surface area contributed by atoms with Crippen LogP contribution >= 0.6 is 11.6 Å². The molecule has 2 aromatic carbocycles. The number of carbonyl (C=O) groups excluding carboxylic acids is 2. The molecule has 3 fully saturated rings. The van der Waals surface area contributed by atoms with Crippen LogP contribution in [0, 0.1) is 0 Å². The monoisotopic (exact) mass is 586 g/mol. The fourth-order valence-electron chi connectivity index (χ4n) is 5.49. The molecule has 0 saturated carbocycles. The van der Waals surface area contributed by atoms with E-state index in [1.807, 2.05) is 0 Å². The molecule has 0 bridgehead atoms. The van der Waals surface area contributed by atoms with Gasteiger partial charge in [-0.2, -0.15) is 13.2 Å². The van der Waals surface area contributed by atoms with Crippen molar-refractivity contribution in [2.75, 3.05) is 44.6 Å². The quantitative estimate of drug-likeness (QED) is 0.501. The number of benzene rings is 2. The normalized spacial score (nSPS) is 21.8. The zero-order chi connectivity index (χ0) is 28.9. The van der Waals surface area contributed by atoms with E-state index in [9.17, 15) is 36.6 Å². The third-order valence-electron chi connectivity index (χ3n) is 7.79. The van der Waals surface area contributed by atoms with Gasteiger partial charge in [-0.05, 0) is 31.0 Å². The zero-order valence-electron chi connectivity index (χ0n) is 21.3. The van der Waals surface area contributed by atoms with Gasteiger partial charge < -0.3 is 20.2 Å².